The molecule has 3 aromatic rings. The number of methoxy groups -OCH3 is 1. The number of thiazole rings is 1. The number of esters is 1. The van der Waals surface area contributed by atoms with E-state index in [1.165, 1.54) is 13.3 Å². The molecule has 0 bridgehead atoms. The number of pyridine rings is 1. The minimum atomic E-state index is -0.477. The van der Waals surface area contributed by atoms with E-state index in [4.69, 9.17) is 0 Å². The summed E-state index contributed by atoms with van der Waals surface area (Å²) in [6.45, 7) is 4.06. The van der Waals surface area contributed by atoms with Gasteiger partial charge in [-0.1, -0.05) is 43.4 Å². The van der Waals surface area contributed by atoms with Crippen LogP contribution in [0, 0.1) is 0 Å². The van der Waals surface area contributed by atoms with E-state index in [2.05, 4.69) is 20.0 Å². The van der Waals surface area contributed by atoms with E-state index >= 15 is 0 Å². The molecule has 0 spiro atoms. The van der Waals surface area contributed by atoms with E-state index in [0.29, 0.717) is 15.6 Å². The van der Waals surface area contributed by atoms with Gasteiger partial charge in [-0.15, -0.1) is 0 Å². The number of carbonyl (C=O) groups is 2. The molecule has 2 heterocycles. The molecule has 7 heteroatoms. The van der Waals surface area contributed by atoms with Crippen molar-refractivity contribution in [2.24, 2.45) is 0 Å². The second kappa shape index (κ2) is 6.98. The number of anilines is 1. The van der Waals surface area contributed by atoms with Gasteiger partial charge in [-0.05, 0) is 18.1 Å². The standard InChI is InChI=1S/C18H17N3O3S/c1-10(2)14-8-12(11-6-4-5-7-13(11)20-14)16(22)21-18-19-9-15(25-18)17(23)24-3/h4-10H,1-3H3,(H,19,21,22). The minimum Gasteiger partial charge on any atom is -0.465 e. The molecule has 6 nitrogen and oxygen atoms in total. The van der Waals surface area contributed by atoms with E-state index in [1.54, 1.807) is 6.07 Å². The number of benzene rings is 1. The molecular formula is C18H17N3O3S. The minimum absolute atomic E-state index is 0.196. The van der Waals surface area contributed by atoms with Crippen LogP contribution in [0.1, 0.15) is 45.5 Å². The third-order valence-electron chi connectivity index (χ3n) is 3.68. The number of hydrogen-bond acceptors (Lipinski definition) is 6. The number of para-hydroxylation sites is 1. The molecule has 1 aromatic carbocycles. The summed E-state index contributed by atoms with van der Waals surface area (Å²) in [5.41, 5.74) is 2.15. The number of amides is 1. The summed E-state index contributed by atoms with van der Waals surface area (Å²) >= 11 is 1.07. The first-order valence-corrected chi connectivity index (χ1v) is 8.56. The average Bonchev–Trinajstić information content (AvgIpc) is 3.08. The zero-order chi connectivity index (χ0) is 18.0. The fourth-order valence-electron chi connectivity index (χ4n) is 2.37. The lowest BCUT2D eigenvalue weighted by atomic mass is 10.0. The van der Waals surface area contributed by atoms with Gasteiger partial charge < -0.3 is 4.74 Å². The molecule has 0 atom stereocenters. The lowest BCUT2D eigenvalue weighted by molar-refractivity contribution is 0.0606. The maximum atomic E-state index is 12.8. The normalized spacial score (nSPS) is 10.9. The van der Waals surface area contributed by atoms with Crippen molar-refractivity contribution in [3.8, 4) is 0 Å². The van der Waals surface area contributed by atoms with Crippen LogP contribution >= 0.6 is 11.3 Å². The number of ether oxygens (including phenoxy) is 1. The Morgan fingerprint density at radius 2 is 2.00 bits per heavy atom. The van der Waals surface area contributed by atoms with Crippen LogP contribution in [0.2, 0.25) is 0 Å². The van der Waals surface area contributed by atoms with E-state index in [9.17, 15) is 9.59 Å². The van der Waals surface area contributed by atoms with Gasteiger partial charge in [-0.25, -0.2) is 9.78 Å². The molecule has 0 saturated carbocycles. The third kappa shape index (κ3) is 3.51. The number of nitrogens with zero attached hydrogens (tertiary/aromatic N) is 2. The Morgan fingerprint density at radius 3 is 2.72 bits per heavy atom. The van der Waals surface area contributed by atoms with Crippen LogP contribution in [0.25, 0.3) is 10.9 Å². The van der Waals surface area contributed by atoms with Gasteiger partial charge in [-0.3, -0.25) is 15.1 Å². The molecule has 2 aromatic heterocycles. The van der Waals surface area contributed by atoms with Gasteiger partial charge in [0.25, 0.3) is 5.91 Å². The summed E-state index contributed by atoms with van der Waals surface area (Å²) in [5, 5.41) is 3.87. The van der Waals surface area contributed by atoms with Crippen molar-refractivity contribution >= 4 is 39.2 Å². The molecular weight excluding hydrogens is 338 g/mol. The van der Waals surface area contributed by atoms with Gasteiger partial charge >= 0.3 is 5.97 Å². The van der Waals surface area contributed by atoms with Crippen LogP contribution in [0.3, 0.4) is 0 Å². The van der Waals surface area contributed by atoms with Gasteiger partial charge in [0, 0.05) is 11.1 Å². The van der Waals surface area contributed by atoms with Crippen LogP contribution in [0.5, 0.6) is 0 Å². The predicted molar refractivity (Wildman–Crippen MR) is 97.2 cm³/mol. The summed E-state index contributed by atoms with van der Waals surface area (Å²) in [6.07, 6.45) is 1.39. The molecule has 25 heavy (non-hydrogen) atoms. The quantitative estimate of drug-likeness (QED) is 0.719. The maximum absolute atomic E-state index is 12.8. The van der Waals surface area contributed by atoms with Crippen molar-refractivity contribution in [2.75, 3.05) is 12.4 Å². The molecule has 3 rings (SSSR count). The summed E-state index contributed by atoms with van der Waals surface area (Å²) in [7, 11) is 1.30. The number of hydrogen-bond donors (Lipinski definition) is 1. The van der Waals surface area contributed by atoms with Crippen molar-refractivity contribution in [1.82, 2.24) is 9.97 Å². The molecule has 0 aliphatic rings. The van der Waals surface area contributed by atoms with E-state index in [1.807, 2.05) is 38.1 Å². The molecule has 1 amide bonds. The van der Waals surface area contributed by atoms with Crippen LogP contribution < -0.4 is 5.32 Å². The lowest BCUT2D eigenvalue weighted by Crippen LogP contribution is -2.13. The molecule has 0 fully saturated rings. The molecule has 128 valence electrons. The topological polar surface area (TPSA) is 81.2 Å². The Morgan fingerprint density at radius 1 is 1.24 bits per heavy atom. The lowest BCUT2D eigenvalue weighted by Gasteiger charge is -2.11. The molecule has 1 N–H and O–H groups in total. The molecule has 0 radical (unpaired) electrons. The highest BCUT2D eigenvalue weighted by Crippen LogP contribution is 2.25. The highest BCUT2D eigenvalue weighted by Gasteiger charge is 2.17. The Kier molecular flexibility index (Phi) is 4.76. The van der Waals surface area contributed by atoms with Gasteiger partial charge in [-0.2, -0.15) is 0 Å². The number of fused-ring (bicyclic) bond motifs is 1. The maximum Gasteiger partial charge on any atom is 0.349 e. The Labute approximate surface area is 148 Å². The van der Waals surface area contributed by atoms with Crippen LogP contribution in [0.15, 0.2) is 36.5 Å². The van der Waals surface area contributed by atoms with Crippen LogP contribution in [-0.2, 0) is 4.74 Å². The highest BCUT2D eigenvalue weighted by atomic mass is 32.1. The SMILES string of the molecule is COC(=O)c1cnc(NC(=O)c2cc(C(C)C)nc3ccccc23)s1. The van der Waals surface area contributed by atoms with Crippen molar-refractivity contribution in [3.05, 3.63) is 52.7 Å². The van der Waals surface area contributed by atoms with Gasteiger partial charge in [0.2, 0.25) is 0 Å². The summed E-state index contributed by atoms with van der Waals surface area (Å²) in [6, 6.07) is 9.32. The van der Waals surface area contributed by atoms with E-state index in [-0.39, 0.29) is 11.8 Å². The van der Waals surface area contributed by atoms with Crippen molar-refractivity contribution in [1.29, 1.82) is 0 Å². The predicted octanol–water partition coefficient (Wildman–Crippen LogP) is 3.85. The average molecular weight is 355 g/mol. The summed E-state index contributed by atoms with van der Waals surface area (Å²) < 4.78 is 4.65. The second-order valence-corrected chi connectivity index (χ2v) is 6.77. The first-order valence-electron chi connectivity index (χ1n) is 7.74. The monoisotopic (exact) mass is 355 g/mol. The van der Waals surface area contributed by atoms with Crippen LogP contribution in [-0.4, -0.2) is 29.0 Å². The summed E-state index contributed by atoms with van der Waals surface area (Å²) in [5.74, 6) is -0.567. The zero-order valence-electron chi connectivity index (χ0n) is 14.1. The molecule has 0 unspecified atom stereocenters. The van der Waals surface area contributed by atoms with Gasteiger partial charge in [0.05, 0.1) is 24.4 Å². The smallest absolute Gasteiger partial charge is 0.349 e. The van der Waals surface area contributed by atoms with Crippen molar-refractivity contribution in [2.45, 2.75) is 19.8 Å². The number of rotatable bonds is 4. The third-order valence-corrected chi connectivity index (χ3v) is 4.58. The number of nitrogens with one attached hydrogen (secondary N) is 1. The Balaban J connectivity index is 1.96. The number of carbonyl (C=O) groups excluding carboxylic acids is 2. The van der Waals surface area contributed by atoms with Crippen LogP contribution in [0.4, 0.5) is 5.13 Å². The van der Waals surface area contributed by atoms with Crippen molar-refractivity contribution in [3.63, 3.8) is 0 Å². The molecule has 0 aliphatic heterocycles. The second-order valence-electron chi connectivity index (χ2n) is 5.74. The van der Waals surface area contributed by atoms with Gasteiger partial charge in [0.1, 0.15) is 4.88 Å². The van der Waals surface area contributed by atoms with E-state index in [0.717, 1.165) is 27.9 Å². The first kappa shape index (κ1) is 17.0. The fraction of sp³-hybridized carbons (Fsp3) is 0.222. The molecule has 0 saturated heterocycles. The summed E-state index contributed by atoms with van der Waals surface area (Å²) in [4.78, 5) is 33.3. The Hall–Kier alpha value is -2.80. The van der Waals surface area contributed by atoms with Crippen molar-refractivity contribution < 1.29 is 14.3 Å². The fourth-order valence-corrected chi connectivity index (χ4v) is 3.10. The van der Waals surface area contributed by atoms with Gasteiger partial charge in [0.15, 0.2) is 5.13 Å². The Bertz CT molecular complexity index is 950. The first-order chi connectivity index (χ1) is 12.0. The zero-order valence-corrected chi connectivity index (χ0v) is 14.9. The largest absolute Gasteiger partial charge is 0.465 e. The molecule has 0 aliphatic carbocycles. The highest BCUT2D eigenvalue weighted by molar-refractivity contribution is 7.17. The van der Waals surface area contributed by atoms with E-state index < -0.39 is 5.97 Å². The number of aromatic nitrogens is 2.